The molecule has 1 aliphatic heterocycles. The molecule has 12 heteroatoms. The fourth-order valence-corrected chi connectivity index (χ4v) is 4.98. The minimum Gasteiger partial charge on any atom is -0.487 e. The SMILES string of the molecule is Cc1ccc(NC(=O)CN2C(=O)N/C(=C/c3cc(Br)c(OCc4ccc([N+](=O)[O-])cc4)c(Br)c3)C2=O)cc1. The number of imide groups is 1. The van der Waals surface area contributed by atoms with E-state index >= 15 is 0 Å². The lowest BCUT2D eigenvalue weighted by Gasteiger charge is -2.12. The predicted octanol–water partition coefficient (Wildman–Crippen LogP) is 5.54. The number of aryl methyl sites for hydroxylation is 1. The van der Waals surface area contributed by atoms with Crippen LogP contribution in [0.4, 0.5) is 16.2 Å². The number of hydrogen-bond acceptors (Lipinski definition) is 6. The van der Waals surface area contributed by atoms with Crippen LogP contribution in [0.25, 0.3) is 6.08 Å². The number of carbonyl (C=O) groups excluding carboxylic acids is 3. The average molecular weight is 644 g/mol. The summed E-state index contributed by atoms with van der Waals surface area (Å²) in [5.74, 6) is -0.639. The molecule has 10 nitrogen and oxygen atoms in total. The quantitative estimate of drug-likeness (QED) is 0.143. The number of hydrogen-bond donors (Lipinski definition) is 2. The van der Waals surface area contributed by atoms with Crippen molar-refractivity contribution in [2.75, 3.05) is 11.9 Å². The van der Waals surface area contributed by atoms with E-state index < -0.39 is 29.3 Å². The Kier molecular flexibility index (Phi) is 8.23. The van der Waals surface area contributed by atoms with E-state index in [1.807, 2.05) is 19.1 Å². The number of nitrogens with one attached hydrogen (secondary N) is 2. The van der Waals surface area contributed by atoms with Gasteiger partial charge >= 0.3 is 6.03 Å². The Balaban J connectivity index is 1.42. The topological polar surface area (TPSA) is 131 Å². The molecule has 0 unspecified atom stereocenters. The van der Waals surface area contributed by atoms with Gasteiger partial charge in [0, 0.05) is 17.8 Å². The Labute approximate surface area is 234 Å². The summed E-state index contributed by atoms with van der Waals surface area (Å²) in [5, 5.41) is 16.0. The largest absolute Gasteiger partial charge is 0.487 e. The molecule has 3 aromatic carbocycles. The highest BCUT2D eigenvalue weighted by Crippen LogP contribution is 2.36. The number of nitro benzene ring substituents is 1. The van der Waals surface area contributed by atoms with Gasteiger partial charge in [-0.1, -0.05) is 17.7 Å². The molecule has 4 amide bonds. The molecule has 4 rings (SSSR count). The monoisotopic (exact) mass is 642 g/mol. The second kappa shape index (κ2) is 11.6. The van der Waals surface area contributed by atoms with Crippen LogP contribution in [-0.4, -0.2) is 34.2 Å². The lowest BCUT2D eigenvalue weighted by atomic mass is 10.1. The molecule has 0 aliphatic carbocycles. The third-order valence-corrected chi connectivity index (χ3v) is 6.64. The summed E-state index contributed by atoms with van der Waals surface area (Å²) in [5.41, 5.74) is 2.94. The van der Waals surface area contributed by atoms with Crippen molar-refractivity contribution in [2.45, 2.75) is 13.5 Å². The summed E-state index contributed by atoms with van der Waals surface area (Å²) in [6.07, 6.45) is 1.49. The Bertz CT molecular complexity index is 1430. The smallest absolute Gasteiger partial charge is 0.329 e. The van der Waals surface area contributed by atoms with Gasteiger partial charge in [0.15, 0.2) is 0 Å². The van der Waals surface area contributed by atoms with Crippen molar-refractivity contribution < 1.29 is 24.0 Å². The molecule has 1 aliphatic rings. The third kappa shape index (κ3) is 6.45. The van der Waals surface area contributed by atoms with Crippen molar-refractivity contribution in [3.63, 3.8) is 0 Å². The zero-order valence-electron chi connectivity index (χ0n) is 19.9. The van der Waals surface area contributed by atoms with Crippen LogP contribution in [0.5, 0.6) is 5.75 Å². The molecule has 0 aromatic heterocycles. The van der Waals surface area contributed by atoms with E-state index in [0.29, 0.717) is 25.9 Å². The number of nitrogens with zero attached hydrogens (tertiary/aromatic N) is 2. The maximum Gasteiger partial charge on any atom is 0.329 e. The zero-order valence-corrected chi connectivity index (χ0v) is 23.0. The average Bonchev–Trinajstić information content (AvgIpc) is 3.12. The molecule has 38 heavy (non-hydrogen) atoms. The van der Waals surface area contributed by atoms with Gasteiger partial charge in [0.05, 0.1) is 13.9 Å². The molecule has 0 atom stereocenters. The minimum atomic E-state index is -0.693. The van der Waals surface area contributed by atoms with Crippen LogP contribution in [0.3, 0.4) is 0 Å². The highest BCUT2D eigenvalue weighted by Gasteiger charge is 2.35. The van der Waals surface area contributed by atoms with Crippen molar-refractivity contribution >= 4 is 67.2 Å². The van der Waals surface area contributed by atoms with E-state index in [0.717, 1.165) is 16.0 Å². The fourth-order valence-electron chi connectivity index (χ4n) is 3.53. The van der Waals surface area contributed by atoms with E-state index in [1.165, 1.54) is 18.2 Å². The number of urea groups is 1. The van der Waals surface area contributed by atoms with Gasteiger partial charge in [-0.05, 0) is 92.4 Å². The number of halogens is 2. The van der Waals surface area contributed by atoms with Gasteiger partial charge in [-0.15, -0.1) is 0 Å². The van der Waals surface area contributed by atoms with Crippen LogP contribution >= 0.6 is 31.9 Å². The van der Waals surface area contributed by atoms with Crippen molar-refractivity contribution in [2.24, 2.45) is 0 Å². The van der Waals surface area contributed by atoms with Gasteiger partial charge < -0.3 is 15.4 Å². The van der Waals surface area contributed by atoms with E-state index in [4.69, 9.17) is 4.74 Å². The summed E-state index contributed by atoms with van der Waals surface area (Å²) >= 11 is 6.90. The molecule has 1 fully saturated rings. The van der Waals surface area contributed by atoms with Gasteiger partial charge in [0.2, 0.25) is 5.91 Å². The van der Waals surface area contributed by atoms with Gasteiger partial charge in [-0.3, -0.25) is 19.7 Å². The number of rotatable bonds is 8. The lowest BCUT2D eigenvalue weighted by Crippen LogP contribution is -2.38. The molecule has 0 saturated carbocycles. The van der Waals surface area contributed by atoms with Crippen molar-refractivity contribution in [1.29, 1.82) is 0 Å². The Morgan fingerprint density at radius 3 is 2.32 bits per heavy atom. The van der Waals surface area contributed by atoms with Gasteiger partial charge in [0.1, 0.15) is 24.6 Å². The molecule has 194 valence electrons. The first-order chi connectivity index (χ1) is 18.1. The van der Waals surface area contributed by atoms with Crippen LogP contribution in [-0.2, 0) is 16.2 Å². The van der Waals surface area contributed by atoms with Gasteiger partial charge in [-0.25, -0.2) is 9.69 Å². The number of non-ortho nitro benzene ring substituents is 1. The number of anilines is 1. The normalized spacial score (nSPS) is 14.0. The molecule has 0 radical (unpaired) electrons. The van der Waals surface area contributed by atoms with Crippen LogP contribution < -0.4 is 15.4 Å². The number of ether oxygens (including phenoxy) is 1. The first kappa shape index (κ1) is 27.0. The zero-order chi connectivity index (χ0) is 27.4. The summed E-state index contributed by atoms with van der Waals surface area (Å²) in [7, 11) is 0. The van der Waals surface area contributed by atoms with E-state index in [2.05, 4.69) is 42.5 Å². The highest BCUT2D eigenvalue weighted by atomic mass is 79.9. The van der Waals surface area contributed by atoms with E-state index in [9.17, 15) is 24.5 Å². The first-order valence-electron chi connectivity index (χ1n) is 11.2. The maximum absolute atomic E-state index is 12.8. The van der Waals surface area contributed by atoms with Crippen molar-refractivity contribution in [3.8, 4) is 5.75 Å². The van der Waals surface area contributed by atoms with Crippen LogP contribution in [0.15, 0.2) is 75.3 Å². The molecule has 0 bridgehead atoms. The Hall–Kier alpha value is -4.03. The number of nitro groups is 1. The number of amides is 4. The maximum atomic E-state index is 12.8. The summed E-state index contributed by atoms with van der Waals surface area (Å²) in [4.78, 5) is 48.8. The molecular formula is C26H20Br2N4O6. The molecule has 3 aromatic rings. The first-order valence-corrected chi connectivity index (χ1v) is 12.8. The summed E-state index contributed by atoms with van der Waals surface area (Å²) in [6, 6.07) is 15.9. The van der Waals surface area contributed by atoms with Crippen LogP contribution in [0, 0.1) is 17.0 Å². The van der Waals surface area contributed by atoms with E-state index in [-0.39, 0.29) is 18.0 Å². The van der Waals surface area contributed by atoms with Gasteiger partial charge in [-0.2, -0.15) is 0 Å². The number of benzene rings is 3. The highest BCUT2D eigenvalue weighted by molar-refractivity contribution is 9.11. The molecule has 1 saturated heterocycles. The molecular weight excluding hydrogens is 624 g/mol. The Morgan fingerprint density at radius 1 is 1.08 bits per heavy atom. The molecule has 0 spiro atoms. The fraction of sp³-hybridized carbons (Fsp3) is 0.115. The second-order valence-corrected chi connectivity index (χ2v) is 10.0. The lowest BCUT2D eigenvalue weighted by molar-refractivity contribution is -0.384. The van der Waals surface area contributed by atoms with Crippen molar-refractivity contribution in [1.82, 2.24) is 10.2 Å². The molecule has 2 N–H and O–H groups in total. The van der Waals surface area contributed by atoms with Gasteiger partial charge in [0.25, 0.3) is 11.6 Å². The standard InChI is InChI=1S/C26H20Br2N4O6/c1-15-2-6-18(7-3-15)29-23(33)13-31-25(34)22(30-26(31)35)12-17-10-20(27)24(21(28)11-17)38-14-16-4-8-19(9-5-16)32(36)37/h2-12H,13-14H2,1H3,(H,29,33)(H,30,35)/b22-12+. The van der Waals surface area contributed by atoms with Crippen LogP contribution in [0.1, 0.15) is 16.7 Å². The van der Waals surface area contributed by atoms with E-state index in [1.54, 1.807) is 36.4 Å². The second-order valence-electron chi connectivity index (χ2n) is 8.32. The summed E-state index contributed by atoms with van der Waals surface area (Å²) < 4.78 is 7.01. The van der Waals surface area contributed by atoms with Crippen LogP contribution in [0.2, 0.25) is 0 Å². The Morgan fingerprint density at radius 2 is 1.71 bits per heavy atom. The van der Waals surface area contributed by atoms with Crippen molar-refractivity contribution in [3.05, 3.63) is 102 Å². The summed E-state index contributed by atoms with van der Waals surface area (Å²) in [6.45, 7) is 1.66. The third-order valence-electron chi connectivity index (χ3n) is 5.46. The number of carbonyl (C=O) groups is 3. The minimum absolute atomic E-state index is 0.00693. The predicted molar refractivity (Wildman–Crippen MR) is 147 cm³/mol. The molecule has 1 heterocycles.